The van der Waals surface area contributed by atoms with Gasteiger partial charge in [-0.15, -0.1) is 0 Å². The molecule has 0 bridgehead atoms. The molecule has 6 nitrogen and oxygen atoms in total. The molecule has 1 aromatic heterocycles. The highest BCUT2D eigenvalue weighted by Crippen LogP contribution is 2.24. The number of thiazole rings is 1. The van der Waals surface area contributed by atoms with Crippen LogP contribution in [0.15, 0.2) is 29.4 Å². The second-order valence-corrected chi connectivity index (χ2v) is 6.78. The molecule has 0 amide bonds. The van der Waals surface area contributed by atoms with Crippen molar-refractivity contribution in [2.45, 2.75) is 27.2 Å². The Bertz CT molecular complexity index is 724. The molecule has 0 atom stereocenters. The summed E-state index contributed by atoms with van der Waals surface area (Å²) in [5, 5.41) is 4.73. The number of hydrogen-bond donors (Lipinski definition) is 1. The number of aryl methyl sites for hydroxylation is 1. The molecule has 0 radical (unpaired) electrons. The lowest BCUT2D eigenvalue weighted by atomic mass is 10.2. The van der Waals surface area contributed by atoms with Gasteiger partial charge in [-0.1, -0.05) is 32.1 Å². The molecule has 0 unspecified atom stereocenters. The Kier molecular flexibility index (Phi) is 6.94. The van der Waals surface area contributed by atoms with Gasteiger partial charge in [0.15, 0.2) is 0 Å². The standard InChI is InChI=1S/C18H23N3O3S/c1-5-15-16(17(22)23-4)25-18(20-15)21-19-10-13-6-8-14(9-7-13)24-11-12(2)3/h6-10,12H,5,11H2,1-4H3,(H,20,21)/b19-10-. The average molecular weight is 361 g/mol. The van der Waals surface area contributed by atoms with E-state index in [4.69, 9.17) is 9.47 Å². The summed E-state index contributed by atoms with van der Waals surface area (Å²) in [6.07, 6.45) is 2.35. The number of nitrogens with one attached hydrogen (secondary N) is 1. The van der Waals surface area contributed by atoms with E-state index in [9.17, 15) is 4.79 Å². The van der Waals surface area contributed by atoms with E-state index in [1.807, 2.05) is 31.2 Å². The quantitative estimate of drug-likeness (QED) is 0.437. The number of anilines is 1. The first-order valence-corrected chi connectivity index (χ1v) is 8.95. The highest BCUT2D eigenvalue weighted by molar-refractivity contribution is 7.17. The number of aromatic nitrogens is 1. The van der Waals surface area contributed by atoms with Crippen LogP contribution in [0.25, 0.3) is 0 Å². The van der Waals surface area contributed by atoms with Crippen LogP contribution in [0.3, 0.4) is 0 Å². The van der Waals surface area contributed by atoms with E-state index in [-0.39, 0.29) is 5.97 Å². The molecule has 0 aliphatic heterocycles. The smallest absolute Gasteiger partial charge is 0.350 e. The van der Waals surface area contributed by atoms with Gasteiger partial charge in [-0.05, 0) is 42.2 Å². The van der Waals surface area contributed by atoms with Crippen molar-refractivity contribution in [2.75, 3.05) is 19.1 Å². The van der Waals surface area contributed by atoms with Crippen molar-refractivity contribution in [3.05, 3.63) is 40.4 Å². The first-order chi connectivity index (χ1) is 12.0. The van der Waals surface area contributed by atoms with Gasteiger partial charge >= 0.3 is 5.97 Å². The molecular weight excluding hydrogens is 338 g/mol. The fraction of sp³-hybridized carbons (Fsp3) is 0.389. The number of methoxy groups -OCH3 is 1. The molecule has 7 heteroatoms. The van der Waals surface area contributed by atoms with Crippen LogP contribution >= 0.6 is 11.3 Å². The molecule has 0 spiro atoms. The molecule has 0 aliphatic rings. The number of carbonyl (C=O) groups is 1. The number of hydrazone groups is 1. The van der Waals surface area contributed by atoms with E-state index >= 15 is 0 Å². The normalized spacial score (nSPS) is 11.1. The van der Waals surface area contributed by atoms with Crippen LogP contribution in [0.4, 0.5) is 5.13 Å². The van der Waals surface area contributed by atoms with Gasteiger partial charge in [-0.25, -0.2) is 9.78 Å². The number of hydrogen-bond acceptors (Lipinski definition) is 7. The van der Waals surface area contributed by atoms with E-state index < -0.39 is 0 Å². The van der Waals surface area contributed by atoms with E-state index in [0.29, 0.717) is 34.6 Å². The predicted octanol–water partition coefficient (Wildman–Crippen LogP) is 3.97. The summed E-state index contributed by atoms with van der Waals surface area (Å²) in [6, 6.07) is 7.69. The van der Waals surface area contributed by atoms with Gasteiger partial charge in [-0.3, -0.25) is 5.43 Å². The lowest BCUT2D eigenvalue weighted by molar-refractivity contribution is 0.0605. The van der Waals surface area contributed by atoms with Gasteiger partial charge in [0.05, 0.1) is 25.6 Å². The summed E-state index contributed by atoms with van der Waals surface area (Å²) in [5.74, 6) is 0.962. The van der Waals surface area contributed by atoms with Gasteiger partial charge < -0.3 is 9.47 Å². The van der Waals surface area contributed by atoms with Gasteiger partial charge in [0.1, 0.15) is 10.6 Å². The first-order valence-electron chi connectivity index (χ1n) is 8.13. The number of nitrogens with zero attached hydrogens (tertiary/aromatic N) is 2. The van der Waals surface area contributed by atoms with Gasteiger partial charge in [0, 0.05) is 0 Å². The van der Waals surface area contributed by atoms with Crippen LogP contribution in [0.2, 0.25) is 0 Å². The molecule has 0 saturated heterocycles. The van der Waals surface area contributed by atoms with Crippen molar-refractivity contribution >= 4 is 28.7 Å². The molecule has 1 N–H and O–H groups in total. The third-order valence-corrected chi connectivity index (χ3v) is 4.22. The zero-order chi connectivity index (χ0) is 18.2. The van der Waals surface area contributed by atoms with E-state index in [2.05, 4.69) is 29.4 Å². The second kappa shape index (κ2) is 9.17. The largest absolute Gasteiger partial charge is 0.493 e. The Balaban J connectivity index is 1.96. The van der Waals surface area contributed by atoms with Crippen molar-refractivity contribution in [3.8, 4) is 5.75 Å². The summed E-state index contributed by atoms with van der Waals surface area (Å²) in [7, 11) is 1.36. The third-order valence-electron chi connectivity index (χ3n) is 3.24. The lowest BCUT2D eigenvalue weighted by Gasteiger charge is -2.08. The van der Waals surface area contributed by atoms with E-state index in [1.165, 1.54) is 18.4 Å². The molecule has 134 valence electrons. The van der Waals surface area contributed by atoms with Crippen molar-refractivity contribution in [2.24, 2.45) is 11.0 Å². The number of rotatable bonds is 8. The Morgan fingerprint density at radius 3 is 2.68 bits per heavy atom. The molecule has 2 aromatic rings. The Morgan fingerprint density at radius 1 is 1.36 bits per heavy atom. The van der Waals surface area contributed by atoms with Crippen molar-refractivity contribution < 1.29 is 14.3 Å². The zero-order valence-corrected chi connectivity index (χ0v) is 15.7. The van der Waals surface area contributed by atoms with Crippen LogP contribution in [0.1, 0.15) is 41.7 Å². The van der Waals surface area contributed by atoms with E-state index in [1.54, 1.807) is 6.21 Å². The monoisotopic (exact) mass is 361 g/mol. The molecular formula is C18H23N3O3S. The minimum atomic E-state index is -0.372. The molecule has 1 aromatic carbocycles. The number of benzene rings is 1. The SMILES string of the molecule is CCc1nc(N/N=C\c2ccc(OCC(C)C)cc2)sc1C(=O)OC. The van der Waals surface area contributed by atoms with Crippen molar-refractivity contribution in [3.63, 3.8) is 0 Å². The Labute approximate surface area is 151 Å². The Morgan fingerprint density at radius 2 is 2.08 bits per heavy atom. The molecule has 0 aliphatic carbocycles. The minimum Gasteiger partial charge on any atom is -0.493 e. The topological polar surface area (TPSA) is 72.8 Å². The van der Waals surface area contributed by atoms with Crippen LogP contribution in [-0.2, 0) is 11.2 Å². The summed E-state index contributed by atoms with van der Waals surface area (Å²) in [4.78, 5) is 16.6. The van der Waals surface area contributed by atoms with Gasteiger partial charge in [0.2, 0.25) is 5.13 Å². The summed E-state index contributed by atoms with van der Waals surface area (Å²) >= 11 is 1.23. The fourth-order valence-electron chi connectivity index (χ4n) is 1.97. The second-order valence-electron chi connectivity index (χ2n) is 5.78. The highest BCUT2D eigenvalue weighted by atomic mass is 32.1. The number of ether oxygens (including phenoxy) is 2. The lowest BCUT2D eigenvalue weighted by Crippen LogP contribution is -2.04. The van der Waals surface area contributed by atoms with Crippen molar-refractivity contribution in [1.82, 2.24) is 4.98 Å². The summed E-state index contributed by atoms with van der Waals surface area (Å²) < 4.78 is 10.4. The summed E-state index contributed by atoms with van der Waals surface area (Å²) in [6.45, 7) is 6.86. The molecule has 0 saturated carbocycles. The maximum atomic E-state index is 11.7. The van der Waals surface area contributed by atoms with Crippen LogP contribution in [0.5, 0.6) is 5.75 Å². The van der Waals surface area contributed by atoms with Crippen LogP contribution in [-0.4, -0.2) is 30.9 Å². The predicted molar refractivity (Wildman–Crippen MR) is 101 cm³/mol. The highest BCUT2D eigenvalue weighted by Gasteiger charge is 2.17. The first kappa shape index (κ1) is 18.9. The molecule has 0 fully saturated rings. The van der Waals surface area contributed by atoms with Crippen LogP contribution in [0, 0.1) is 5.92 Å². The Hall–Kier alpha value is -2.41. The van der Waals surface area contributed by atoms with Gasteiger partial charge in [-0.2, -0.15) is 5.10 Å². The maximum absolute atomic E-state index is 11.7. The molecule has 2 rings (SSSR count). The average Bonchev–Trinajstić information content (AvgIpc) is 3.03. The van der Waals surface area contributed by atoms with Crippen LogP contribution < -0.4 is 10.2 Å². The van der Waals surface area contributed by atoms with E-state index in [0.717, 1.165) is 11.3 Å². The molecule has 25 heavy (non-hydrogen) atoms. The minimum absolute atomic E-state index is 0.372. The summed E-state index contributed by atoms with van der Waals surface area (Å²) in [5.41, 5.74) is 4.50. The van der Waals surface area contributed by atoms with Gasteiger partial charge in [0.25, 0.3) is 0 Å². The molecule has 1 heterocycles. The number of esters is 1. The third kappa shape index (κ3) is 5.56. The maximum Gasteiger partial charge on any atom is 0.350 e. The fourth-order valence-corrected chi connectivity index (χ4v) is 2.89. The number of carbonyl (C=O) groups excluding carboxylic acids is 1. The van der Waals surface area contributed by atoms with Crippen molar-refractivity contribution in [1.29, 1.82) is 0 Å². The zero-order valence-electron chi connectivity index (χ0n) is 14.9.